The first kappa shape index (κ1) is 10.9. The van der Waals surface area contributed by atoms with E-state index in [4.69, 9.17) is 15.7 Å². The van der Waals surface area contributed by atoms with Gasteiger partial charge in [-0.15, -0.1) is 0 Å². The number of aromatic nitrogens is 1. The van der Waals surface area contributed by atoms with Crippen LogP contribution in [0.5, 0.6) is 11.5 Å². The van der Waals surface area contributed by atoms with Crippen LogP contribution >= 0.6 is 0 Å². The standard InChI is InChI=1S/C12H8FN3O/c13-10-5-9(15)1-2-11(10)17-12-7-16-4-3-8(12)6-14/h1-5,7H,15H2. The molecule has 0 atom stereocenters. The second-order valence-corrected chi connectivity index (χ2v) is 3.28. The molecule has 0 bridgehead atoms. The highest BCUT2D eigenvalue weighted by Gasteiger charge is 2.08. The topological polar surface area (TPSA) is 71.9 Å². The van der Waals surface area contributed by atoms with Gasteiger partial charge in [0.2, 0.25) is 0 Å². The van der Waals surface area contributed by atoms with E-state index in [-0.39, 0.29) is 17.1 Å². The van der Waals surface area contributed by atoms with E-state index < -0.39 is 5.82 Å². The highest BCUT2D eigenvalue weighted by molar-refractivity contribution is 5.47. The fourth-order valence-corrected chi connectivity index (χ4v) is 1.27. The van der Waals surface area contributed by atoms with Crippen LogP contribution in [0.3, 0.4) is 0 Å². The largest absolute Gasteiger partial charge is 0.451 e. The normalized spacial score (nSPS) is 9.65. The second kappa shape index (κ2) is 4.49. The fraction of sp³-hybridized carbons (Fsp3) is 0. The van der Waals surface area contributed by atoms with E-state index in [0.717, 1.165) is 6.07 Å². The molecule has 0 aliphatic carbocycles. The number of nitrogens with zero attached hydrogens (tertiary/aromatic N) is 2. The fourth-order valence-electron chi connectivity index (χ4n) is 1.27. The predicted molar refractivity (Wildman–Crippen MR) is 59.8 cm³/mol. The maximum absolute atomic E-state index is 13.5. The van der Waals surface area contributed by atoms with Crippen LogP contribution < -0.4 is 10.5 Å². The molecular formula is C12H8FN3O. The van der Waals surface area contributed by atoms with E-state index in [1.807, 2.05) is 6.07 Å². The molecule has 0 saturated carbocycles. The van der Waals surface area contributed by atoms with Crippen molar-refractivity contribution in [2.45, 2.75) is 0 Å². The van der Waals surface area contributed by atoms with Gasteiger partial charge in [-0.05, 0) is 18.2 Å². The first-order chi connectivity index (χ1) is 8.20. The van der Waals surface area contributed by atoms with Crippen molar-refractivity contribution in [3.8, 4) is 17.6 Å². The molecule has 84 valence electrons. The van der Waals surface area contributed by atoms with Crippen molar-refractivity contribution in [2.75, 3.05) is 5.73 Å². The lowest BCUT2D eigenvalue weighted by Gasteiger charge is -2.07. The summed E-state index contributed by atoms with van der Waals surface area (Å²) in [5, 5.41) is 8.84. The van der Waals surface area contributed by atoms with Crippen LogP contribution in [0.4, 0.5) is 10.1 Å². The van der Waals surface area contributed by atoms with Crippen molar-refractivity contribution in [1.29, 1.82) is 5.26 Å². The molecule has 2 aromatic rings. The number of hydrogen-bond acceptors (Lipinski definition) is 4. The zero-order chi connectivity index (χ0) is 12.3. The molecule has 0 aliphatic rings. The van der Waals surface area contributed by atoms with Crippen molar-refractivity contribution in [3.05, 3.63) is 48.0 Å². The van der Waals surface area contributed by atoms with E-state index in [1.54, 1.807) is 0 Å². The Morgan fingerprint density at radius 2 is 2.12 bits per heavy atom. The summed E-state index contributed by atoms with van der Waals surface area (Å²) in [7, 11) is 0. The van der Waals surface area contributed by atoms with Gasteiger partial charge in [0.05, 0.1) is 11.8 Å². The lowest BCUT2D eigenvalue weighted by Crippen LogP contribution is -1.93. The third kappa shape index (κ3) is 2.32. The van der Waals surface area contributed by atoms with E-state index >= 15 is 0 Å². The van der Waals surface area contributed by atoms with Crippen molar-refractivity contribution >= 4 is 5.69 Å². The minimum absolute atomic E-state index is 0.00343. The maximum Gasteiger partial charge on any atom is 0.167 e. The number of halogens is 1. The van der Waals surface area contributed by atoms with Crippen LogP contribution in [0.25, 0.3) is 0 Å². The average Bonchev–Trinajstić information content (AvgIpc) is 2.33. The number of hydrogen-bond donors (Lipinski definition) is 1. The van der Waals surface area contributed by atoms with Gasteiger partial charge in [0.25, 0.3) is 0 Å². The van der Waals surface area contributed by atoms with Gasteiger partial charge in [-0.1, -0.05) is 0 Å². The Bertz CT molecular complexity index is 593. The van der Waals surface area contributed by atoms with Crippen LogP contribution in [-0.2, 0) is 0 Å². The minimum Gasteiger partial charge on any atom is -0.451 e. The smallest absolute Gasteiger partial charge is 0.167 e. The lowest BCUT2D eigenvalue weighted by atomic mass is 10.2. The third-order valence-corrected chi connectivity index (χ3v) is 2.08. The number of nitrogen functional groups attached to an aromatic ring is 1. The molecule has 1 aromatic carbocycles. The Kier molecular flexibility index (Phi) is 2.88. The van der Waals surface area contributed by atoms with Gasteiger partial charge in [-0.25, -0.2) is 4.39 Å². The number of anilines is 1. The number of nitrogens with two attached hydrogens (primary N) is 1. The number of rotatable bonds is 2. The van der Waals surface area contributed by atoms with Crippen LogP contribution in [-0.4, -0.2) is 4.98 Å². The summed E-state index contributed by atoms with van der Waals surface area (Å²) in [6, 6.07) is 7.49. The minimum atomic E-state index is -0.585. The first-order valence-corrected chi connectivity index (χ1v) is 4.77. The number of nitriles is 1. The molecule has 0 fully saturated rings. The summed E-state index contributed by atoms with van der Waals surface area (Å²) in [6.07, 6.45) is 2.82. The van der Waals surface area contributed by atoms with Gasteiger partial charge in [-0.3, -0.25) is 4.98 Å². The van der Waals surface area contributed by atoms with Gasteiger partial charge in [-0.2, -0.15) is 5.26 Å². The van der Waals surface area contributed by atoms with Gasteiger partial charge >= 0.3 is 0 Å². The van der Waals surface area contributed by atoms with Crippen LogP contribution in [0.1, 0.15) is 5.56 Å². The zero-order valence-corrected chi connectivity index (χ0v) is 8.72. The Balaban J connectivity index is 2.35. The second-order valence-electron chi connectivity index (χ2n) is 3.28. The SMILES string of the molecule is N#Cc1ccncc1Oc1ccc(N)cc1F. The summed E-state index contributed by atoms with van der Waals surface area (Å²) >= 11 is 0. The first-order valence-electron chi connectivity index (χ1n) is 4.77. The molecule has 2 N–H and O–H groups in total. The molecule has 5 heteroatoms. The van der Waals surface area contributed by atoms with E-state index in [9.17, 15) is 4.39 Å². The van der Waals surface area contributed by atoms with Crippen molar-refractivity contribution < 1.29 is 9.13 Å². The van der Waals surface area contributed by atoms with Gasteiger partial charge in [0, 0.05) is 18.0 Å². The van der Waals surface area contributed by atoms with Gasteiger partial charge in [0.1, 0.15) is 6.07 Å². The molecule has 0 radical (unpaired) electrons. The summed E-state index contributed by atoms with van der Waals surface area (Å²) in [5.41, 5.74) is 6.01. The molecule has 2 rings (SSSR count). The summed E-state index contributed by atoms with van der Waals surface area (Å²) < 4.78 is 18.7. The molecule has 1 heterocycles. The summed E-state index contributed by atoms with van der Waals surface area (Å²) in [4.78, 5) is 3.81. The van der Waals surface area contributed by atoms with Crippen molar-refractivity contribution in [1.82, 2.24) is 4.98 Å². The maximum atomic E-state index is 13.5. The molecule has 0 saturated heterocycles. The number of ether oxygens (including phenoxy) is 1. The van der Waals surface area contributed by atoms with Crippen molar-refractivity contribution in [2.24, 2.45) is 0 Å². The molecule has 0 unspecified atom stereocenters. The Morgan fingerprint density at radius 1 is 1.29 bits per heavy atom. The Hall–Kier alpha value is -2.61. The molecule has 0 amide bonds. The van der Waals surface area contributed by atoms with Crippen molar-refractivity contribution in [3.63, 3.8) is 0 Å². The molecule has 1 aromatic heterocycles. The molecular weight excluding hydrogens is 221 g/mol. The highest BCUT2D eigenvalue weighted by Crippen LogP contribution is 2.27. The van der Waals surface area contributed by atoms with Crippen LogP contribution in [0.2, 0.25) is 0 Å². The Labute approximate surface area is 97.1 Å². The molecule has 0 spiro atoms. The highest BCUT2D eigenvalue weighted by atomic mass is 19.1. The quantitative estimate of drug-likeness (QED) is 0.803. The Morgan fingerprint density at radius 3 is 2.82 bits per heavy atom. The zero-order valence-electron chi connectivity index (χ0n) is 8.72. The third-order valence-electron chi connectivity index (χ3n) is 2.08. The lowest BCUT2D eigenvalue weighted by molar-refractivity contribution is 0.439. The molecule has 0 aliphatic heterocycles. The molecule has 4 nitrogen and oxygen atoms in total. The van der Waals surface area contributed by atoms with Gasteiger partial charge in [0.15, 0.2) is 17.3 Å². The summed E-state index contributed by atoms with van der Waals surface area (Å²) in [5.74, 6) is -0.375. The van der Waals surface area contributed by atoms with E-state index in [1.165, 1.54) is 30.6 Å². The van der Waals surface area contributed by atoms with E-state index in [0.29, 0.717) is 5.69 Å². The molecule has 17 heavy (non-hydrogen) atoms. The van der Waals surface area contributed by atoms with Gasteiger partial charge < -0.3 is 10.5 Å². The van der Waals surface area contributed by atoms with E-state index in [2.05, 4.69) is 4.98 Å². The number of benzene rings is 1. The summed E-state index contributed by atoms with van der Waals surface area (Å²) in [6.45, 7) is 0. The number of pyridine rings is 1. The predicted octanol–water partition coefficient (Wildman–Crippen LogP) is 2.47. The van der Waals surface area contributed by atoms with Crippen LogP contribution in [0.15, 0.2) is 36.7 Å². The van der Waals surface area contributed by atoms with Crippen LogP contribution in [0, 0.1) is 17.1 Å². The monoisotopic (exact) mass is 229 g/mol. The average molecular weight is 229 g/mol.